The number of hydrogen-bond donors (Lipinski definition) is 2. The van der Waals surface area contributed by atoms with Crippen molar-refractivity contribution in [1.29, 1.82) is 0 Å². The highest BCUT2D eigenvalue weighted by molar-refractivity contribution is 7.99. The van der Waals surface area contributed by atoms with Crippen LogP contribution in [0.2, 0.25) is 0 Å². The Bertz CT molecular complexity index is 1170. The minimum Gasteiger partial charge on any atom is -0.497 e. The van der Waals surface area contributed by atoms with Gasteiger partial charge in [-0.05, 0) is 48.7 Å². The number of ether oxygens (including phenoxy) is 1. The number of para-hydroxylation sites is 1. The van der Waals surface area contributed by atoms with Gasteiger partial charge in [0.25, 0.3) is 5.91 Å². The average molecular weight is 494 g/mol. The summed E-state index contributed by atoms with van der Waals surface area (Å²) in [5, 5.41) is 15.3. The Balaban J connectivity index is 1.75. The smallest absolute Gasteiger partial charge is 0.251 e. The van der Waals surface area contributed by atoms with Crippen LogP contribution in [0.4, 0.5) is 5.69 Å². The number of carbonyl (C=O) groups excluding carboxylic acids is 2. The van der Waals surface area contributed by atoms with E-state index >= 15 is 0 Å². The molecule has 0 aliphatic carbocycles. The van der Waals surface area contributed by atoms with Gasteiger partial charge < -0.3 is 19.9 Å². The van der Waals surface area contributed by atoms with E-state index in [2.05, 4.69) is 27.4 Å². The fourth-order valence-corrected chi connectivity index (χ4v) is 4.22. The van der Waals surface area contributed by atoms with Crippen LogP contribution in [-0.4, -0.2) is 39.4 Å². The highest BCUT2D eigenvalue weighted by atomic mass is 32.2. The molecule has 9 heteroatoms. The van der Waals surface area contributed by atoms with Crippen molar-refractivity contribution in [3.63, 3.8) is 0 Å². The van der Waals surface area contributed by atoms with Gasteiger partial charge in [0, 0.05) is 17.8 Å². The number of rotatable bonds is 11. The van der Waals surface area contributed by atoms with Crippen LogP contribution in [0.1, 0.15) is 41.6 Å². The molecule has 0 aliphatic heterocycles. The third-order valence-corrected chi connectivity index (χ3v) is 6.36. The van der Waals surface area contributed by atoms with E-state index in [1.165, 1.54) is 11.8 Å². The standard InChI is InChI=1S/C26H31N5O3S/c1-6-15-31-24(23(17(2)3)28-25(33)19-11-13-20(34-5)14-12-19)29-30-26(31)35-16-22(32)27-21-10-8-7-9-18(21)4/h6-14,17,23H,1,15-16H2,2-5H3,(H,27,32)(H,28,33)/t23-/m1/s1. The topological polar surface area (TPSA) is 98.1 Å². The molecule has 1 aromatic heterocycles. The number of carbonyl (C=O) groups is 2. The molecule has 3 aromatic rings. The lowest BCUT2D eigenvalue weighted by atomic mass is 10.0. The summed E-state index contributed by atoms with van der Waals surface area (Å²) in [5.74, 6) is 1.17. The quantitative estimate of drug-likeness (QED) is 0.298. The van der Waals surface area contributed by atoms with Crippen LogP contribution in [0.15, 0.2) is 66.3 Å². The Hall–Kier alpha value is -3.59. The maximum atomic E-state index is 12.9. The molecule has 0 bridgehead atoms. The third-order valence-electron chi connectivity index (χ3n) is 5.39. The molecular formula is C26H31N5O3S. The van der Waals surface area contributed by atoms with Crippen LogP contribution in [0, 0.1) is 12.8 Å². The van der Waals surface area contributed by atoms with Gasteiger partial charge in [-0.1, -0.05) is 49.9 Å². The zero-order chi connectivity index (χ0) is 25.4. The number of hydrogen-bond acceptors (Lipinski definition) is 6. The molecule has 0 unspecified atom stereocenters. The number of benzene rings is 2. The molecule has 0 saturated heterocycles. The molecule has 35 heavy (non-hydrogen) atoms. The van der Waals surface area contributed by atoms with Crippen LogP contribution in [0.3, 0.4) is 0 Å². The van der Waals surface area contributed by atoms with Crippen LogP contribution in [0.5, 0.6) is 5.75 Å². The lowest BCUT2D eigenvalue weighted by Crippen LogP contribution is -2.33. The second-order valence-corrected chi connectivity index (χ2v) is 9.26. The summed E-state index contributed by atoms with van der Waals surface area (Å²) < 4.78 is 7.05. The molecule has 2 N–H and O–H groups in total. The van der Waals surface area contributed by atoms with Crippen molar-refractivity contribution in [2.24, 2.45) is 5.92 Å². The minimum atomic E-state index is -0.382. The highest BCUT2D eigenvalue weighted by Gasteiger charge is 2.26. The SMILES string of the molecule is C=CCn1c(SCC(=O)Nc2ccccc2C)nnc1[C@H](NC(=O)c1ccc(OC)cc1)C(C)C. The van der Waals surface area contributed by atoms with E-state index in [-0.39, 0.29) is 29.5 Å². The first-order chi connectivity index (χ1) is 16.8. The Morgan fingerprint density at radius 2 is 1.86 bits per heavy atom. The number of amides is 2. The van der Waals surface area contributed by atoms with E-state index in [1.54, 1.807) is 37.5 Å². The predicted molar refractivity (Wildman–Crippen MR) is 139 cm³/mol. The molecule has 1 heterocycles. The van der Waals surface area contributed by atoms with E-state index in [4.69, 9.17) is 4.74 Å². The Morgan fingerprint density at radius 1 is 1.14 bits per heavy atom. The number of anilines is 1. The summed E-state index contributed by atoms with van der Waals surface area (Å²) in [6.07, 6.45) is 1.74. The largest absolute Gasteiger partial charge is 0.497 e. The Labute approximate surface area is 210 Å². The second-order valence-electron chi connectivity index (χ2n) is 8.32. The summed E-state index contributed by atoms with van der Waals surface area (Å²) >= 11 is 1.29. The predicted octanol–water partition coefficient (Wildman–Crippen LogP) is 4.64. The minimum absolute atomic E-state index is 0.0483. The van der Waals surface area contributed by atoms with Crippen molar-refractivity contribution in [2.45, 2.75) is 38.5 Å². The molecule has 8 nitrogen and oxygen atoms in total. The van der Waals surface area contributed by atoms with E-state index in [0.717, 1.165) is 11.3 Å². The molecular weight excluding hydrogens is 462 g/mol. The Morgan fingerprint density at radius 3 is 2.49 bits per heavy atom. The molecule has 0 aliphatic rings. The summed E-state index contributed by atoms with van der Waals surface area (Å²) in [5.41, 5.74) is 2.30. The van der Waals surface area contributed by atoms with Gasteiger partial charge in [0.05, 0.1) is 18.9 Å². The van der Waals surface area contributed by atoms with Crippen molar-refractivity contribution >= 4 is 29.3 Å². The summed E-state index contributed by atoms with van der Waals surface area (Å²) in [7, 11) is 1.58. The van der Waals surface area contributed by atoms with Crippen molar-refractivity contribution in [3.8, 4) is 5.75 Å². The van der Waals surface area contributed by atoms with Crippen LogP contribution < -0.4 is 15.4 Å². The van der Waals surface area contributed by atoms with Gasteiger partial charge in [-0.3, -0.25) is 9.59 Å². The van der Waals surface area contributed by atoms with Gasteiger partial charge in [-0.15, -0.1) is 16.8 Å². The number of nitrogens with one attached hydrogen (secondary N) is 2. The van der Waals surface area contributed by atoms with Gasteiger partial charge in [-0.25, -0.2) is 0 Å². The molecule has 2 aromatic carbocycles. The third kappa shape index (κ3) is 6.73. The number of aryl methyl sites for hydroxylation is 1. The van der Waals surface area contributed by atoms with Crippen molar-refractivity contribution in [2.75, 3.05) is 18.2 Å². The maximum absolute atomic E-state index is 12.9. The first kappa shape index (κ1) is 26.0. The number of nitrogens with zero attached hydrogens (tertiary/aromatic N) is 3. The second kappa shape index (κ2) is 12.2. The molecule has 0 spiro atoms. The Kier molecular flexibility index (Phi) is 9.08. The lowest BCUT2D eigenvalue weighted by molar-refractivity contribution is -0.113. The number of allylic oxidation sites excluding steroid dienone is 1. The number of thioether (sulfide) groups is 1. The van der Waals surface area contributed by atoms with Gasteiger partial charge in [-0.2, -0.15) is 0 Å². The summed E-state index contributed by atoms with van der Waals surface area (Å²) in [6, 6.07) is 14.2. The molecule has 0 fully saturated rings. The van der Waals surface area contributed by atoms with Gasteiger partial charge >= 0.3 is 0 Å². The monoisotopic (exact) mass is 493 g/mol. The van der Waals surface area contributed by atoms with E-state index < -0.39 is 0 Å². The molecule has 2 amide bonds. The van der Waals surface area contributed by atoms with Crippen LogP contribution >= 0.6 is 11.8 Å². The van der Waals surface area contributed by atoms with Crippen LogP contribution in [-0.2, 0) is 11.3 Å². The number of aromatic nitrogens is 3. The van der Waals surface area contributed by atoms with Crippen molar-refractivity contribution in [1.82, 2.24) is 20.1 Å². The fraction of sp³-hybridized carbons (Fsp3) is 0.308. The fourth-order valence-electron chi connectivity index (χ4n) is 3.46. The first-order valence-electron chi connectivity index (χ1n) is 11.3. The average Bonchev–Trinajstić information content (AvgIpc) is 3.24. The van der Waals surface area contributed by atoms with E-state index in [1.807, 2.05) is 49.6 Å². The number of methoxy groups -OCH3 is 1. The zero-order valence-electron chi connectivity index (χ0n) is 20.4. The summed E-state index contributed by atoms with van der Waals surface area (Å²) in [6.45, 7) is 10.3. The normalized spacial score (nSPS) is 11.7. The molecule has 1 atom stereocenters. The molecule has 3 rings (SSSR count). The van der Waals surface area contributed by atoms with Gasteiger partial charge in [0.15, 0.2) is 11.0 Å². The van der Waals surface area contributed by atoms with Gasteiger partial charge in [0.1, 0.15) is 5.75 Å². The lowest BCUT2D eigenvalue weighted by Gasteiger charge is -2.22. The van der Waals surface area contributed by atoms with E-state index in [0.29, 0.717) is 28.8 Å². The van der Waals surface area contributed by atoms with Gasteiger partial charge in [0.2, 0.25) is 5.91 Å². The van der Waals surface area contributed by atoms with E-state index in [9.17, 15) is 9.59 Å². The highest BCUT2D eigenvalue weighted by Crippen LogP contribution is 2.26. The zero-order valence-corrected chi connectivity index (χ0v) is 21.3. The van der Waals surface area contributed by atoms with Crippen molar-refractivity contribution in [3.05, 3.63) is 78.1 Å². The molecule has 184 valence electrons. The molecule has 0 radical (unpaired) electrons. The van der Waals surface area contributed by atoms with Crippen molar-refractivity contribution < 1.29 is 14.3 Å². The maximum Gasteiger partial charge on any atom is 0.251 e. The summed E-state index contributed by atoms with van der Waals surface area (Å²) in [4.78, 5) is 25.5. The van der Waals surface area contributed by atoms with Crippen LogP contribution in [0.25, 0.3) is 0 Å². The first-order valence-corrected chi connectivity index (χ1v) is 12.3. The molecule has 0 saturated carbocycles.